The minimum absolute atomic E-state index is 0.244. The number of hydrogen-bond donors (Lipinski definition) is 1. The topological polar surface area (TPSA) is 77.8 Å². The molecule has 8 heteroatoms. The van der Waals surface area contributed by atoms with Crippen LogP contribution in [0.5, 0.6) is 5.75 Å². The number of thiazole rings is 1. The molecule has 0 aliphatic heterocycles. The first-order valence-electron chi connectivity index (χ1n) is 10.3. The van der Waals surface area contributed by atoms with Crippen LogP contribution >= 0.6 is 11.3 Å². The molecule has 0 bridgehead atoms. The molecule has 154 valence electrons. The maximum atomic E-state index is 6.41. The van der Waals surface area contributed by atoms with Gasteiger partial charge in [-0.25, -0.2) is 15.0 Å². The molecule has 1 N–H and O–H groups in total. The second-order valence-corrected chi connectivity index (χ2v) is 8.71. The zero-order valence-corrected chi connectivity index (χ0v) is 17.8. The first kappa shape index (κ1) is 18.3. The Bertz CT molecular complexity index is 1400. The largest absolute Gasteiger partial charge is 0.490 e. The number of rotatable bonds is 5. The van der Waals surface area contributed by atoms with E-state index >= 15 is 0 Å². The molecule has 0 amide bonds. The molecule has 5 aromatic rings. The van der Waals surface area contributed by atoms with E-state index in [-0.39, 0.29) is 6.10 Å². The summed E-state index contributed by atoms with van der Waals surface area (Å²) in [5, 5.41) is 8.68. The third-order valence-corrected chi connectivity index (χ3v) is 6.47. The van der Waals surface area contributed by atoms with Gasteiger partial charge in [-0.1, -0.05) is 0 Å². The summed E-state index contributed by atoms with van der Waals surface area (Å²) in [4.78, 5) is 13.5. The van der Waals surface area contributed by atoms with Gasteiger partial charge in [0.1, 0.15) is 17.9 Å². The molecule has 0 atom stereocenters. The highest BCUT2D eigenvalue weighted by Gasteiger charge is 2.22. The van der Waals surface area contributed by atoms with E-state index in [1.165, 1.54) is 6.42 Å². The maximum Gasteiger partial charge on any atom is 0.145 e. The molecule has 0 unspecified atom stereocenters. The second kappa shape index (κ2) is 7.31. The Morgan fingerprint density at radius 2 is 2.00 bits per heavy atom. The normalized spacial score (nSPS) is 14.1. The third kappa shape index (κ3) is 3.38. The highest BCUT2D eigenvalue weighted by molar-refractivity contribution is 7.16. The van der Waals surface area contributed by atoms with Crippen molar-refractivity contribution in [1.29, 1.82) is 0 Å². The minimum atomic E-state index is 0.244. The van der Waals surface area contributed by atoms with Crippen molar-refractivity contribution in [2.24, 2.45) is 7.05 Å². The average molecular weight is 429 g/mol. The molecule has 2 aromatic carbocycles. The molecular weight excluding hydrogens is 408 g/mol. The lowest BCUT2D eigenvalue weighted by atomic mass is 9.96. The first-order chi connectivity index (χ1) is 15.2. The number of hydrogen-bond acceptors (Lipinski definition) is 7. The lowest BCUT2D eigenvalue weighted by Crippen LogP contribution is -2.24. The molecule has 3 heterocycles. The molecule has 0 spiro atoms. The lowest BCUT2D eigenvalue weighted by molar-refractivity contribution is 0.122. The molecule has 1 fully saturated rings. The van der Waals surface area contributed by atoms with Gasteiger partial charge in [0.25, 0.3) is 0 Å². The van der Waals surface area contributed by atoms with Gasteiger partial charge in [-0.05, 0) is 55.2 Å². The molecule has 3 aromatic heterocycles. The predicted octanol–water partition coefficient (Wildman–Crippen LogP) is 5.31. The highest BCUT2D eigenvalue weighted by Crippen LogP contribution is 2.38. The number of aromatic nitrogens is 5. The molecule has 31 heavy (non-hydrogen) atoms. The summed E-state index contributed by atoms with van der Waals surface area (Å²) >= 11 is 1.62. The van der Waals surface area contributed by atoms with Gasteiger partial charge in [-0.3, -0.25) is 4.68 Å². The fourth-order valence-electron chi connectivity index (χ4n) is 3.82. The Kier molecular flexibility index (Phi) is 4.31. The summed E-state index contributed by atoms with van der Waals surface area (Å²) < 4.78 is 9.35. The van der Waals surface area contributed by atoms with E-state index in [9.17, 15) is 0 Å². The molecule has 1 saturated carbocycles. The zero-order valence-electron chi connectivity index (χ0n) is 16.9. The fraction of sp³-hybridized carbons (Fsp3) is 0.217. The van der Waals surface area contributed by atoms with Gasteiger partial charge >= 0.3 is 0 Å². The zero-order chi connectivity index (χ0) is 20.8. The maximum absolute atomic E-state index is 6.41. The Morgan fingerprint density at radius 3 is 2.81 bits per heavy atom. The van der Waals surface area contributed by atoms with E-state index in [4.69, 9.17) is 4.74 Å². The Balaban J connectivity index is 1.47. The van der Waals surface area contributed by atoms with Gasteiger partial charge in [0.15, 0.2) is 0 Å². The molecule has 0 saturated heterocycles. The summed E-state index contributed by atoms with van der Waals surface area (Å²) in [6, 6.07) is 10.3. The monoisotopic (exact) mass is 428 g/mol. The fourth-order valence-corrected chi connectivity index (χ4v) is 4.53. The summed E-state index contributed by atoms with van der Waals surface area (Å²) in [7, 11) is 1.92. The smallest absolute Gasteiger partial charge is 0.145 e. The van der Waals surface area contributed by atoms with Gasteiger partial charge in [0.05, 0.1) is 38.9 Å². The van der Waals surface area contributed by atoms with Crippen LogP contribution in [0.3, 0.4) is 0 Å². The molecule has 1 aliphatic rings. The van der Waals surface area contributed by atoms with Gasteiger partial charge in [0.2, 0.25) is 0 Å². The molecule has 0 radical (unpaired) electrons. The second-order valence-electron chi connectivity index (χ2n) is 7.82. The quantitative estimate of drug-likeness (QED) is 0.408. The van der Waals surface area contributed by atoms with Crippen molar-refractivity contribution in [3.05, 3.63) is 54.6 Å². The number of benzene rings is 2. The van der Waals surface area contributed by atoms with Crippen LogP contribution in [0, 0.1) is 0 Å². The molecule has 7 nitrogen and oxygen atoms in total. The van der Waals surface area contributed by atoms with E-state index in [1.54, 1.807) is 22.3 Å². The highest BCUT2D eigenvalue weighted by atomic mass is 32.1. The van der Waals surface area contributed by atoms with Crippen LogP contribution in [0.15, 0.2) is 54.6 Å². The number of fused-ring (bicyclic) bond motifs is 2. The van der Waals surface area contributed by atoms with Crippen LogP contribution in [0.1, 0.15) is 19.3 Å². The van der Waals surface area contributed by atoms with Crippen molar-refractivity contribution in [1.82, 2.24) is 24.7 Å². The minimum Gasteiger partial charge on any atom is -0.490 e. The van der Waals surface area contributed by atoms with Crippen molar-refractivity contribution in [2.45, 2.75) is 25.4 Å². The van der Waals surface area contributed by atoms with Crippen molar-refractivity contribution in [3.8, 4) is 16.9 Å². The molecular formula is C23H20N6OS. The Hall–Kier alpha value is -3.52. The number of nitrogens with one attached hydrogen (secondary N) is 1. The van der Waals surface area contributed by atoms with Gasteiger partial charge in [-0.2, -0.15) is 5.10 Å². The first-order valence-corrected chi connectivity index (χ1v) is 11.2. The van der Waals surface area contributed by atoms with E-state index in [0.29, 0.717) is 0 Å². The summed E-state index contributed by atoms with van der Waals surface area (Å²) in [6.45, 7) is 0. The van der Waals surface area contributed by atoms with Crippen LogP contribution in [0.25, 0.3) is 32.2 Å². The van der Waals surface area contributed by atoms with Crippen LogP contribution in [0.2, 0.25) is 0 Å². The number of anilines is 2. The third-order valence-electron chi connectivity index (χ3n) is 5.68. The van der Waals surface area contributed by atoms with Crippen LogP contribution in [-0.2, 0) is 7.05 Å². The summed E-state index contributed by atoms with van der Waals surface area (Å²) in [5.74, 6) is 1.55. The van der Waals surface area contributed by atoms with Gasteiger partial charge in [0, 0.05) is 24.5 Å². The standard InChI is InChI=1S/C23H20N6OS/c1-29-11-15(10-27-29)14-7-19-22(20(8-14)30-17-3-2-4-17)23(25-12-24-19)28-16-5-6-18-21(9-16)31-13-26-18/h5-13,17H,2-4H2,1H3,(H,24,25,28). The van der Waals surface area contributed by atoms with E-state index in [2.05, 4.69) is 43.6 Å². The van der Waals surface area contributed by atoms with E-state index in [1.807, 2.05) is 37.1 Å². The van der Waals surface area contributed by atoms with E-state index in [0.717, 1.165) is 62.3 Å². The summed E-state index contributed by atoms with van der Waals surface area (Å²) in [5.41, 5.74) is 6.73. The van der Waals surface area contributed by atoms with Crippen LogP contribution in [-0.4, -0.2) is 30.8 Å². The van der Waals surface area contributed by atoms with Crippen LogP contribution < -0.4 is 10.1 Å². The van der Waals surface area contributed by atoms with Crippen molar-refractivity contribution in [3.63, 3.8) is 0 Å². The van der Waals surface area contributed by atoms with Gasteiger partial charge < -0.3 is 10.1 Å². The number of aryl methyl sites for hydroxylation is 1. The lowest BCUT2D eigenvalue weighted by Gasteiger charge is -2.27. The Morgan fingerprint density at radius 1 is 1.06 bits per heavy atom. The van der Waals surface area contributed by atoms with Crippen molar-refractivity contribution < 1.29 is 4.74 Å². The molecule has 6 rings (SSSR count). The average Bonchev–Trinajstić information content (AvgIpc) is 3.39. The molecule has 1 aliphatic carbocycles. The van der Waals surface area contributed by atoms with Crippen LogP contribution in [0.4, 0.5) is 11.5 Å². The Labute approximate surface area is 182 Å². The predicted molar refractivity (Wildman–Crippen MR) is 123 cm³/mol. The number of nitrogens with zero attached hydrogens (tertiary/aromatic N) is 5. The van der Waals surface area contributed by atoms with Crippen molar-refractivity contribution in [2.75, 3.05) is 5.32 Å². The van der Waals surface area contributed by atoms with Gasteiger partial charge in [-0.15, -0.1) is 11.3 Å². The summed E-state index contributed by atoms with van der Waals surface area (Å²) in [6.07, 6.45) is 9.07. The number of ether oxygens (including phenoxy) is 1. The SMILES string of the molecule is Cn1cc(-c2cc(OC3CCC3)c3c(Nc4ccc5ncsc5c4)ncnc3c2)cn1. The van der Waals surface area contributed by atoms with Crippen molar-refractivity contribution >= 4 is 44.0 Å². The van der Waals surface area contributed by atoms with E-state index < -0.39 is 0 Å².